The number of nitrogens with two attached hydrogens (primary N) is 1. The van der Waals surface area contributed by atoms with Gasteiger partial charge in [0, 0.05) is 6.04 Å². The van der Waals surface area contributed by atoms with E-state index in [0.717, 1.165) is 18.4 Å². The van der Waals surface area contributed by atoms with Crippen molar-refractivity contribution in [2.75, 3.05) is 7.11 Å². The Hall–Kier alpha value is -0.930. The van der Waals surface area contributed by atoms with E-state index in [0.29, 0.717) is 16.5 Å². The van der Waals surface area contributed by atoms with E-state index < -0.39 is 0 Å². The molecule has 0 aliphatic heterocycles. The third-order valence-electron chi connectivity index (χ3n) is 2.67. The van der Waals surface area contributed by atoms with Crippen LogP contribution in [0.3, 0.4) is 0 Å². The van der Waals surface area contributed by atoms with Gasteiger partial charge in [-0.15, -0.1) is 0 Å². The number of halogens is 1. The van der Waals surface area contributed by atoms with Gasteiger partial charge in [-0.2, -0.15) is 0 Å². The number of rotatable bonds is 6. The fourth-order valence-electron chi connectivity index (χ4n) is 1.69. The van der Waals surface area contributed by atoms with Crippen molar-refractivity contribution in [2.24, 2.45) is 5.73 Å². The average Bonchev–Trinajstić information content (AvgIpc) is 2.31. The summed E-state index contributed by atoms with van der Waals surface area (Å²) in [6.45, 7) is 5.98. The molecule has 0 saturated carbocycles. The summed E-state index contributed by atoms with van der Waals surface area (Å²) in [7, 11) is 1.61. The zero-order valence-electron chi connectivity index (χ0n) is 11.5. The van der Waals surface area contributed by atoms with Crippen molar-refractivity contribution in [3.05, 3.63) is 22.7 Å². The zero-order valence-corrected chi connectivity index (χ0v) is 12.3. The van der Waals surface area contributed by atoms with Gasteiger partial charge in [0.25, 0.3) is 0 Å². The van der Waals surface area contributed by atoms with Crippen molar-refractivity contribution < 1.29 is 9.47 Å². The van der Waals surface area contributed by atoms with Crippen LogP contribution in [0.4, 0.5) is 0 Å². The largest absolute Gasteiger partial charge is 0.493 e. The Morgan fingerprint density at radius 1 is 1.33 bits per heavy atom. The normalized spacial score (nSPS) is 12.6. The van der Waals surface area contributed by atoms with E-state index in [9.17, 15) is 0 Å². The molecule has 4 heteroatoms. The molecule has 1 atom stereocenters. The number of methoxy groups -OCH3 is 1. The highest BCUT2D eigenvalue weighted by Crippen LogP contribution is 2.37. The lowest BCUT2D eigenvalue weighted by molar-refractivity contribution is 0.230. The predicted octanol–water partition coefficient (Wildman–Crippen LogP) is 3.42. The third-order valence-corrected chi connectivity index (χ3v) is 2.95. The first-order valence-corrected chi connectivity index (χ1v) is 6.64. The minimum atomic E-state index is 0.0557. The van der Waals surface area contributed by atoms with E-state index in [1.807, 2.05) is 26.0 Å². The summed E-state index contributed by atoms with van der Waals surface area (Å²) in [5.41, 5.74) is 7.02. The molecule has 0 radical (unpaired) electrons. The molecular weight excluding hydrogens is 250 g/mol. The van der Waals surface area contributed by atoms with Crippen molar-refractivity contribution in [3.63, 3.8) is 0 Å². The first-order chi connectivity index (χ1) is 8.47. The van der Waals surface area contributed by atoms with Gasteiger partial charge in [-0.3, -0.25) is 0 Å². The average molecular weight is 272 g/mol. The molecule has 0 bridgehead atoms. The molecule has 2 N–H and O–H groups in total. The van der Waals surface area contributed by atoms with Crippen LogP contribution in [0.25, 0.3) is 0 Å². The highest BCUT2D eigenvalue weighted by atomic mass is 35.5. The Bertz CT molecular complexity index is 394. The van der Waals surface area contributed by atoms with Crippen LogP contribution >= 0.6 is 11.6 Å². The minimum absolute atomic E-state index is 0.0557. The van der Waals surface area contributed by atoms with Gasteiger partial charge in [-0.1, -0.05) is 18.5 Å². The van der Waals surface area contributed by atoms with E-state index in [-0.39, 0.29) is 12.1 Å². The molecule has 18 heavy (non-hydrogen) atoms. The molecule has 0 amide bonds. The minimum Gasteiger partial charge on any atom is -0.493 e. The molecule has 0 aliphatic carbocycles. The lowest BCUT2D eigenvalue weighted by Gasteiger charge is -2.17. The maximum Gasteiger partial charge on any atom is 0.180 e. The van der Waals surface area contributed by atoms with Crippen LogP contribution in [0.15, 0.2) is 12.1 Å². The summed E-state index contributed by atoms with van der Waals surface area (Å²) in [6, 6.07) is 3.99. The fraction of sp³-hybridized carbons (Fsp3) is 0.571. The number of benzene rings is 1. The topological polar surface area (TPSA) is 44.5 Å². The molecule has 0 saturated heterocycles. The monoisotopic (exact) mass is 271 g/mol. The Balaban J connectivity index is 3.02. The van der Waals surface area contributed by atoms with Crippen LogP contribution in [0, 0.1) is 0 Å². The van der Waals surface area contributed by atoms with Crippen molar-refractivity contribution in [1.29, 1.82) is 0 Å². The standard InChI is InChI=1S/C14H22ClNO2/c1-5-11(16)6-10-7-12(15)14(18-9(2)3)13(8-10)17-4/h7-9,11H,5-6,16H2,1-4H3. The third kappa shape index (κ3) is 4.07. The maximum atomic E-state index is 6.24. The summed E-state index contributed by atoms with van der Waals surface area (Å²) in [5, 5.41) is 0.571. The predicted molar refractivity (Wildman–Crippen MR) is 75.7 cm³/mol. The van der Waals surface area contributed by atoms with Crippen molar-refractivity contribution >= 4 is 11.6 Å². The summed E-state index contributed by atoms with van der Waals surface area (Å²) in [5.74, 6) is 1.26. The van der Waals surface area contributed by atoms with Crippen molar-refractivity contribution in [2.45, 2.75) is 45.8 Å². The van der Waals surface area contributed by atoms with Crippen LogP contribution in [0.2, 0.25) is 5.02 Å². The maximum absolute atomic E-state index is 6.24. The fourth-order valence-corrected chi connectivity index (χ4v) is 1.97. The van der Waals surface area contributed by atoms with Gasteiger partial charge in [-0.25, -0.2) is 0 Å². The molecule has 0 fully saturated rings. The number of ether oxygens (including phenoxy) is 2. The van der Waals surface area contributed by atoms with Crippen molar-refractivity contribution in [3.8, 4) is 11.5 Å². The molecule has 1 rings (SSSR count). The lowest BCUT2D eigenvalue weighted by atomic mass is 10.0. The van der Waals surface area contributed by atoms with Gasteiger partial charge in [0.2, 0.25) is 0 Å². The van der Waals surface area contributed by atoms with Crippen LogP contribution in [-0.2, 0) is 6.42 Å². The first-order valence-electron chi connectivity index (χ1n) is 6.26. The first kappa shape index (κ1) is 15.1. The smallest absolute Gasteiger partial charge is 0.180 e. The summed E-state index contributed by atoms with van der Waals surface area (Å²) in [6.07, 6.45) is 1.78. The van der Waals surface area contributed by atoms with E-state index in [1.165, 1.54) is 0 Å². The van der Waals surface area contributed by atoms with Crippen LogP contribution in [-0.4, -0.2) is 19.3 Å². The Kier molecular flexibility index (Phi) is 5.76. The van der Waals surface area contributed by atoms with E-state index >= 15 is 0 Å². The molecule has 0 aliphatic rings. The van der Waals surface area contributed by atoms with Gasteiger partial charge in [0.15, 0.2) is 11.5 Å². The molecule has 1 unspecified atom stereocenters. The highest BCUT2D eigenvalue weighted by Gasteiger charge is 2.14. The van der Waals surface area contributed by atoms with Crippen LogP contribution < -0.4 is 15.2 Å². The zero-order chi connectivity index (χ0) is 13.7. The van der Waals surface area contributed by atoms with E-state index in [1.54, 1.807) is 7.11 Å². The summed E-state index contributed by atoms with van der Waals surface area (Å²) in [4.78, 5) is 0. The van der Waals surface area contributed by atoms with Gasteiger partial charge in [0.1, 0.15) is 0 Å². The van der Waals surface area contributed by atoms with Gasteiger partial charge in [-0.05, 0) is 44.4 Å². The van der Waals surface area contributed by atoms with Gasteiger partial charge in [0.05, 0.1) is 18.2 Å². The van der Waals surface area contributed by atoms with Gasteiger partial charge >= 0.3 is 0 Å². The van der Waals surface area contributed by atoms with Crippen LogP contribution in [0.1, 0.15) is 32.8 Å². The number of hydrogen-bond donors (Lipinski definition) is 1. The van der Waals surface area contributed by atoms with E-state index in [2.05, 4.69) is 6.92 Å². The summed E-state index contributed by atoms with van der Waals surface area (Å²) < 4.78 is 11.0. The molecular formula is C14H22ClNO2. The second-order valence-corrected chi connectivity index (χ2v) is 5.06. The lowest BCUT2D eigenvalue weighted by Crippen LogP contribution is -2.21. The van der Waals surface area contributed by atoms with E-state index in [4.69, 9.17) is 26.8 Å². The van der Waals surface area contributed by atoms with Gasteiger partial charge < -0.3 is 15.2 Å². The second-order valence-electron chi connectivity index (χ2n) is 4.65. The quantitative estimate of drug-likeness (QED) is 0.862. The highest BCUT2D eigenvalue weighted by molar-refractivity contribution is 6.32. The molecule has 0 spiro atoms. The summed E-state index contributed by atoms with van der Waals surface area (Å²) >= 11 is 6.24. The Labute approximate surface area is 114 Å². The van der Waals surface area contributed by atoms with Crippen LogP contribution in [0.5, 0.6) is 11.5 Å². The molecule has 102 valence electrons. The molecule has 1 aromatic carbocycles. The van der Waals surface area contributed by atoms with Crippen molar-refractivity contribution in [1.82, 2.24) is 0 Å². The molecule has 0 heterocycles. The molecule has 0 aromatic heterocycles. The number of hydrogen-bond acceptors (Lipinski definition) is 3. The second kappa shape index (κ2) is 6.86. The molecule has 3 nitrogen and oxygen atoms in total. The Morgan fingerprint density at radius 2 is 2.00 bits per heavy atom. The Morgan fingerprint density at radius 3 is 2.50 bits per heavy atom. The molecule has 1 aromatic rings. The SMILES string of the molecule is CCC(N)Cc1cc(Cl)c(OC(C)C)c(OC)c1.